The first-order valence-corrected chi connectivity index (χ1v) is 9.89. The van der Waals surface area contributed by atoms with Crippen LogP contribution in [0.3, 0.4) is 0 Å². The van der Waals surface area contributed by atoms with Gasteiger partial charge in [-0.15, -0.1) is 0 Å². The highest BCUT2D eigenvalue weighted by molar-refractivity contribution is 6.30. The van der Waals surface area contributed by atoms with Crippen LogP contribution in [0, 0.1) is 13.8 Å². The van der Waals surface area contributed by atoms with Crippen molar-refractivity contribution in [3.63, 3.8) is 0 Å². The van der Waals surface area contributed by atoms with Crippen molar-refractivity contribution in [1.29, 1.82) is 0 Å². The molecule has 2 aromatic carbocycles. The third-order valence-corrected chi connectivity index (χ3v) is 5.25. The monoisotopic (exact) mass is 418 g/mol. The number of carbonyl (C=O) groups excluding carboxylic acids is 2. The van der Waals surface area contributed by atoms with Gasteiger partial charge in [0.1, 0.15) is 12.3 Å². The number of aryl methyl sites for hydroxylation is 2. The molecule has 7 heteroatoms. The van der Waals surface area contributed by atoms with Crippen LogP contribution in [0.25, 0.3) is 0 Å². The number of halogens is 1. The van der Waals surface area contributed by atoms with Gasteiger partial charge in [0.15, 0.2) is 6.04 Å². The number of ether oxygens (including phenoxy) is 1. The first-order valence-electron chi connectivity index (χ1n) is 9.51. The molecule has 2 aromatic rings. The molecule has 2 rings (SSSR count). The number of benzene rings is 2. The van der Waals surface area contributed by atoms with Crippen molar-refractivity contribution in [1.82, 2.24) is 5.32 Å². The van der Waals surface area contributed by atoms with Crippen molar-refractivity contribution in [2.24, 2.45) is 0 Å². The van der Waals surface area contributed by atoms with Crippen molar-refractivity contribution in [2.45, 2.75) is 33.4 Å². The van der Waals surface area contributed by atoms with E-state index in [1.54, 1.807) is 13.2 Å². The Labute approximate surface area is 177 Å². The molecule has 29 heavy (non-hydrogen) atoms. The average Bonchev–Trinajstić information content (AvgIpc) is 2.68. The maximum absolute atomic E-state index is 12.5. The van der Waals surface area contributed by atoms with Crippen LogP contribution in [0.1, 0.15) is 23.6 Å². The predicted molar refractivity (Wildman–Crippen MR) is 116 cm³/mol. The van der Waals surface area contributed by atoms with E-state index in [-0.39, 0.29) is 24.4 Å². The molecule has 6 nitrogen and oxygen atoms in total. The summed E-state index contributed by atoms with van der Waals surface area (Å²) in [5, 5.41) is 6.21. The third kappa shape index (κ3) is 6.21. The molecular formula is C22H29ClN3O3+. The van der Waals surface area contributed by atoms with E-state index in [0.717, 1.165) is 33.0 Å². The number of quaternary nitrogens is 1. The maximum atomic E-state index is 12.5. The summed E-state index contributed by atoms with van der Waals surface area (Å²) in [4.78, 5) is 25.7. The number of amides is 2. The zero-order chi connectivity index (χ0) is 21.6. The molecule has 0 saturated carbocycles. The number of hydrogen-bond donors (Lipinski definition) is 3. The van der Waals surface area contributed by atoms with Crippen molar-refractivity contribution >= 4 is 29.1 Å². The molecular weight excluding hydrogens is 390 g/mol. The molecule has 0 aliphatic rings. The van der Waals surface area contributed by atoms with E-state index in [1.807, 2.05) is 58.2 Å². The molecule has 0 spiro atoms. The Balaban J connectivity index is 1.91. The molecule has 0 aromatic heterocycles. The maximum Gasteiger partial charge on any atom is 0.278 e. The lowest BCUT2D eigenvalue weighted by atomic mass is 10.1. The second kappa shape index (κ2) is 10.3. The lowest BCUT2D eigenvalue weighted by Crippen LogP contribution is -3.12. The highest BCUT2D eigenvalue weighted by Crippen LogP contribution is 2.22. The topological polar surface area (TPSA) is 71.9 Å². The lowest BCUT2D eigenvalue weighted by molar-refractivity contribution is -0.908. The number of likely N-dealkylation sites (N-methyl/N-ethyl adjacent to an activating group) is 1. The minimum atomic E-state index is -0.355. The highest BCUT2D eigenvalue weighted by Gasteiger charge is 2.23. The Kier molecular flexibility index (Phi) is 8.05. The van der Waals surface area contributed by atoms with E-state index in [1.165, 1.54) is 0 Å². The van der Waals surface area contributed by atoms with Crippen LogP contribution in [-0.2, 0) is 16.1 Å². The average molecular weight is 419 g/mol. The number of rotatable bonds is 8. The quantitative estimate of drug-likeness (QED) is 0.615. The number of para-hydroxylation sites is 1. The van der Waals surface area contributed by atoms with E-state index >= 15 is 0 Å². The Morgan fingerprint density at radius 3 is 2.45 bits per heavy atom. The van der Waals surface area contributed by atoms with Crippen molar-refractivity contribution in [2.75, 3.05) is 26.0 Å². The number of methoxy groups -OCH3 is 1. The summed E-state index contributed by atoms with van der Waals surface area (Å²) >= 11 is 6.08. The fourth-order valence-electron chi connectivity index (χ4n) is 3.08. The number of nitrogens with one attached hydrogen (secondary N) is 3. The summed E-state index contributed by atoms with van der Waals surface area (Å²) in [6, 6.07) is 10.9. The van der Waals surface area contributed by atoms with E-state index in [9.17, 15) is 9.59 Å². The molecule has 0 heterocycles. The molecule has 2 amide bonds. The zero-order valence-electron chi connectivity index (χ0n) is 17.6. The van der Waals surface area contributed by atoms with Gasteiger partial charge in [-0.1, -0.05) is 29.8 Å². The summed E-state index contributed by atoms with van der Waals surface area (Å²) in [5.41, 5.74) is 3.68. The van der Waals surface area contributed by atoms with Crippen LogP contribution >= 0.6 is 11.6 Å². The van der Waals surface area contributed by atoms with Crippen molar-refractivity contribution in [3.8, 4) is 5.75 Å². The van der Waals surface area contributed by atoms with Gasteiger partial charge in [0, 0.05) is 16.3 Å². The molecule has 2 atom stereocenters. The van der Waals surface area contributed by atoms with Gasteiger partial charge in [-0.2, -0.15) is 0 Å². The second-order valence-electron chi connectivity index (χ2n) is 7.23. The summed E-state index contributed by atoms with van der Waals surface area (Å²) in [5.74, 6) is 0.284. The van der Waals surface area contributed by atoms with Crippen LogP contribution in [0.2, 0.25) is 5.02 Å². The van der Waals surface area contributed by atoms with E-state index in [0.29, 0.717) is 11.6 Å². The standard InChI is InChI=1S/C22H28ClN3O3/c1-14-7-6-8-15(2)21(14)25-20(27)12-24-22(28)16(3)26(4)13-17-11-18(23)9-10-19(17)29-5/h6-11,16H,12-13H2,1-5H3,(H,24,28)(H,25,27)/p+1/t16-/m1/s1. The molecule has 0 aliphatic heterocycles. The molecule has 0 radical (unpaired) electrons. The van der Waals surface area contributed by atoms with E-state index in [2.05, 4.69) is 10.6 Å². The molecule has 0 saturated heterocycles. The van der Waals surface area contributed by atoms with Gasteiger partial charge in [-0.05, 0) is 50.1 Å². The smallest absolute Gasteiger partial charge is 0.278 e. The Morgan fingerprint density at radius 1 is 1.17 bits per heavy atom. The normalized spacial score (nSPS) is 12.8. The van der Waals surface area contributed by atoms with Gasteiger partial charge in [0.2, 0.25) is 5.91 Å². The molecule has 0 fully saturated rings. The molecule has 0 bridgehead atoms. The fourth-order valence-corrected chi connectivity index (χ4v) is 3.27. The summed E-state index contributed by atoms with van der Waals surface area (Å²) in [7, 11) is 3.52. The highest BCUT2D eigenvalue weighted by atomic mass is 35.5. The van der Waals surface area contributed by atoms with Gasteiger partial charge in [-0.25, -0.2) is 0 Å². The summed E-state index contributed by atoms with van der Waals surface area (Å²) in [6.45, 7) is 6.18. The Bertz CT molecular complexity index is 865. The van der Waals surface area contributed by atoms with Gasteiger partial charge in [-0.3, -0.25) is 9.59 Å². The minimum absolute atomic E-state index is 0.0787. The fraction of sp³-hybridized carbons (Fsp3) is 0.364. The zero-order valence-corrected chi connectivity index (χ0v) is 18.3. The molecule has 156 valence electrons. The first kappa shape index (κ1) is 22.7. The van der Waals surface area contributed by atoms with E-state index in [4.69, 9.17) is 16.3 Å². The van der Waals surface area contributed by atoms with Crippen LogP contribution in [-0.4, -0.2) is 38.6 Å². The van der Waals surface area contributed by atoms with Crippen LogP contribution in [0.4, 0.5) is 5.69 Å². The molecule has 1 unspecified atom stereocenters. The second-order valence-corrected chi connectivity index (χ2v) is 7.67. The first-order chi connectivity index (χ1) is 13.7. The Morgan fingerprint density at radius 2 is 1.83 bits per heavy atom. The predicted octanol–water partition coefficient (Wildman–Crippen LogP) is 2.12. The number of hydrogen-bond acceptors (Lipinski definition) is 3. The van der Waals surface area contributed by atoms with Crippen LogP contribution in [0.5, 0.6) is 5.75 Å². The van der Waals surface area contributed by atoms with Gasteiger partial charge >= 0.3 is 0 Å². The SMILES string of the molecule is COc1ccc(Cl)cc1C[NH+](C)[C@H](C)C(=O)NCC(=O)Nc1c(C)cccc1C. The van der Waals surface area contributed by atoms with Crippen LogP contribution in [0.15, 0.2) is 36.4 Å². The largest absolute Gasteiger partial charge is 0.496 e. The molecule has 3 N–H and O–H groups in total. The van der Waals surface area contributed by atoms with Gasteiger partial charge in [0.25, 0.3) is 5.91 Å². The minimum Gasteiger partial charge on any atom is -0.496 e. The Hall–Kier alpha value is -2.57. The summed E-state index contributed by atoms with van der Waals surface area (Å²) < 4.78 is 5.37. The van der Waals surface area contributed by atoms with Crippen molar-refractivity contribution in [3.05, 3.63) is 58.1 Å². The number of anilines is 1. The molecule has 0 aliphatic carbocycles. The van der Waals surface area contributed by atoms with Crippen LogP contribution < -0.4 is 20.3 Å². The van der Waals surface area contributed by atoms with E-state index < -0.39 is 0 Å². The lowest BCUT2D eigenvalue weighted by Gasteiger charge is -2.22. The summed E-state index contributed by atoms with van der Waals surface area (Å²) in [6.07, 6.45) is 0. The third-order valence-electron chi connectivity index (χ3n) is 5.01. The van der Waals surface area contributed by atoms with Gasteiger partial charge in [0.05, 0.1) is 20.7 Å². The van der Waals surface area contributed by atoms with Gasteiger partial charge < -0.3 is 20.3 Å². The van der Waals surface area contributed by atoms with Crippen molar-refractivity contribution < 1.29 is 19.2 Å². The number of carbonyl (C=O) groups is 2.